The van der Waals surface area contributed by atoms with Crippen molar-refractivity contribution < 1.29 is 4.74 Å². The second kappa shape index (κ2) is 4.63. The highest BCUT2D eigenvalue weighted by molar-refractivity contribution is 9.10. The molecule has 0 spiro atoms. The number of halogens is 1. The number of hydrogen-bond acceptors (Lipinski definition) is 2. The number of nitrogens with two attached hydrogens (primary N) is 1. The SMILES string of the molecule is COc1ccc(-c2c(Br)n(N)c3ccccc23)cc1. The van der Waals surface area contributed by atoms with Crippen LogP contribution in [0, 0.1) is 0 Å². The van der Waals surface area contributed by atoms with Crippen molar-refractivity contribution in [2.24, 2.45) is 0 Å². The van der Waals surface area contributed by atoms with Crippen LogP contribution in [0.4, 0.5) is 0 Å². The minimum absolute atomic E-state index is 0.844. The zero-order valence-electron chi connectivity index (χ0n) is 10.4. The number of hydrogen-bond donors (Lipinski definition) is 1. The van der Waals surface area contributed by atoms with Gasteiger partial charge < -0.3 is 10.6 Å². The predicted molar refractivity (Wildman–Crippen MR) is 81.8 cm³/mol. The zero-order chi connectivity index (χ0) is 13.4. The first-order valence-electron chi connectivity index (χ1n) is 5.91. The van der Waals surface area contributed by atoms with E-state index in [1.165, 1.54) is 0 Å². The third-order valence-corrected chi connectivity index (χ3v) is 4.01. The molecule has 2 N–H and O–H groups in total. The smallest absolute Gasteiger partial charge is 0.118 e. The predicted octanol–water partition coefficient (Wildman–Crippen LogP) is 3.79. The van der Waals surface area contributed by atoms with Crippen molar-refractivity contribution >= 4 is 26.8 Å². The third kappa shape index (κ3) is 1.88. The molecule has 0 amide bonds. The van der Waals surface area contributed by atoms with Gasteiger partial charge in [-0.1, -0.05) is 30.3 Å². The first kappa shape index (κ1) is 12.1. The molecule has 0 aliphatic heterocycles. The second-order valence-corrected chi connectivity index (χ2v) is 5.03. The van der Waals surface area contributed by atoms with Crippen LogP contribution in [-0.2, 0) is 0 Å². The molecule has 0 aliphatic carbocycles. The topological polar surface area (TPSA) is 40.2 Å². The van der Waals surface area contributed by atoms with Crippen molar-refractivity contribution in [3.8, 4) is 16.9 Å². The maximum Gasteiger partial charge on any atom is 0.118 e. The Bertz CT molecular complexity index is 732. The fourth-order valence-corrected chi connectivity index (χ4v) is 2.90. The molecule has 0 saturated carbocycles. The lowest BCUT2D eigenvalue weighted by molar-refractivity contribution is 0.415. The Labute approximate surface area is 119 Å². The third-order valence-electron chi connectivity index (χ3n) is 3.23. The number of aromatic nitrogens is 1. The average Bonchev–Trinajstić information content (AvgIpc) is 2.72. The second-order valence-electron chi connectivity index (χ2n) is 4.28. The summed E-state index contributed by atoms with van der Waals surface area (Å²) in [5, 5.41) is 1.13. The van der Waals surface area contributed by atoms with E-state index in [1.807, 2.05) is 42.5 Å². The van der Waals surface area contributed by atoms with Crippen LogP contribution < -0.4 is 10.6 Å². The molecule has 0 atom stereocenters. The molecule has 3 nitrogen and oxygen atoms in total. The molecule has 0 fully saturated rings. The lowest BCUT2D eigenvalue weighted by Crippen LogP contribution is -2.07. The quantitative estimate of drug-likeness (QED) is 0.731. The van der Waals surface area contributed by atoms with E-state index in [9.17, 15) is 0 Å². The van der Waals surface area contributed by atoms with Crippen molar-refractivity contribution in [3.63, 3.8) is 0 Å². The Morgan fingerprint density at radius 3 is 2.42 bits per heavy atom. The van der Waals surface area contributed by atoms with Gasteiger partial charge in [0.05, 0.1) is 12.6 Å². The summed E-state index contributed by atoms with van der Waals surface area (Å²) >= 11 is 3.57. The summed E-state index contributed by atoms with van der Waals surface area (Å²) in [6.07, 6.45) is 0. The number of para-hydroxylation sites is 1. The number of nitrogen functional groups attached to an aromatic ring is 1. The summed E-state index contributed by atoms with van der Waals surface area (Å²) in [5.41, 5.74) is 3.20. The molecule has 0 unspecified atom stereocenters. The number of fused-ring (bicyclic) bond motifs is 1. The van der Waals surface area contributed by atoms with Crippen molar-refractivity contribution in [2.45, 2.75) is 0 Å². The summed E-state index contributed by atoms with van der Waals surface area (Å²) in [6.45, 7) is 0. The number of methoxy groups -OCH3 is 1. The van der Waals surface area contributed by atoms with Gasteiger partial charge in [0.15, 0.2) is 0 Å². The summed E-state index contributed by atoms with van der Waals surface area (Å²) in [7, 11) is 1.66. The minimum atomic E-state index is 0.844. The molecule has 0 radical (unpaired) electrons. The molecule has 0 bridgehead atoms. The van der Waals surface area contributed by atoms with Gasteiger partial charge in [-0.2, -0.15) is 0 Å². The highest BCUT2D eigenvalue weighted by Gasteiger charge is 2.14. The van der Waals surface area contributed by atoms with Gasteiger partial charge in [-0.05, 0) is 39.7 Å². The van der Waals surface area contributed by atoms with Crippen LogP contribution in [0.2, 0.25) is 0 Å². The summed E-state index contributed by atoms with van der Waals surface area (Å²) in [4.78, 5) is 0. The molecule has 3 aromatic rings. The Balaban J connectivity index is 2.26. The van der Waals surface area contributed by atoms with E-state index in [0.717, 1.165) is 32.4 Å². The van der Waals surface area contributed by atoms with Crippen LogP contribution in [0.5, 0.6) is 5.75 Å². The first-order chi connectivity index (χ1) is 9.22. The molecular weight excluding hydrogens is 304 g/mol. The van der Waals surface area contributed by atoms with E-state index in [-0.39, 0.29) is 0 Å². The van der Waals surface area contributed by atoms with Crippen LogP contribution in [0.25, 0.3) is 22.0 Å². The molecule has 2 aromatic carbocycles. The van der Waals surface area contributed by atoms with Crippen LogP contribution >= 0.6 is 15.9 Å². The lowest BCUT2D eigenvalue weighted by Gasteiger charge is -2.03. The Kier molecular flexibility index (Phi) is 2.95. The highest BCUT2D eigenvalue weighted by atomic mass is 79.9. The number of rotatable bonds is 2. The Morgan fingerprint density at radius 2 is 1.74 bits per heavy atom. The summed E-state index contributed by atoms with van der Waals surface area (Å²) in [6, 6.07) is 16.0. The van der Waals surface area contributed by atoms with Crippen LogP contribution in [0.15, 0.2) is 53.1 Å². The van der Waals surface area contributed by atoms with Gasteiger partial charge in [-0.3, -0.25) is 4.68 Å². The molecule has 96 valence electrons. The van der Waals surface area contributed by atoms with E-state index in [4.69, 9.17) is 10.6 Å². The van der Waals surface area contributed by atoms with E-state index >= 15 is 0 Å². The Hall–Kier alpha value is -1.94. The molecule has 0 saturated heterocycles. The monoisotopic (exact) mass is 316 g/mol. The van der Waals surface area contributed by atoms with Crippen LogP contribution in [0.3, 0.4) is 0 Å². The maximum atomic E-state index is 6.08. The largest absolute Gasteiger partial charge is 0.497 e. The standard InChI is InChI=1S/C15H13BrN2O/c1-19-11-8-6-10(7-9-11)14-12-4-2-3-5-13(12)18(17)15(14)16/h2-9H,17H2,1H3. The lowest BCUT2D eigenvalue weighted by atomic mass is 10.0. The molecular formula is C15H13BrN2O. The maximum absolute atomic E-state index is 6.08. The number of ether oxygens (including phenoxy) is 1. The molecule has 3 rings (SSSR count). The van der Waals surface area contributed by atoms with Crippen LogP contribution in [-0.4, -0.2) is 11.8 Å². The summed E-state index contributed by atoms with van der Waals surface area (Å²) < 4.78 is 7.72. The van der Waals surface area contributed by atoms with Crippen molar-refractivity contribution in [1.82, 2.24) is 4.68 Å². The van der Waals surface area contributed by atoms with Gasteiger partial charge in [0.25, 0.3) is 0 Å². The van der Waals surface area contributed by atoms with E-state index in [2.05, 4.69) is 22.0 Å². The zero-order valence-corrected chi connectivity index (χ0v) is 12.0. The normalized spacial score (nSPS) is 10.8. The van der Waals surface area contributed by atoms with E-state index in [1.54, 1.807) is 11.8 Å². The molecule has 19 heavy (non-hydrogen) atoms. The molecule has 1 aromatic heterocycles. The fourth-order valence-electron chi connectivity index (χ4n) is 2.26. The van der Waals surface area contributed by atoms with Gasteiger partial charge in [-0.15, -0.1) is 0 Å². The van der Waals surface area contributed by atoms with Crippen molar-refractivity contribution in [1.29, 1.82) is 0 Å². The number of nitrogens with zero attached hydrogens (tertiary/aromatic N) is 1. The van der Waals surface area contributed by atoms with Gasteiger partial charge in [-0.25, -0.2) is 0 Å². The molecule has 4 heteroatoms. The minimum Gasteiger partial charge on any atom is -0.497 e. The van der Waals surface area contributed by atoms with Crippen molar-refractivity contribution in [3.05, 3.63) is 53.1 Å². The number of benzene rings is 2. The fraction of sp³-hybridized carbons (Fsp3) is 0.0667. The van der Waals surface area contributed by atoms with Crippen molar-refractivity contribution in [2.75, 3.05) is 13.0 Å². The van der Waals surface area contributed by atoms with E-state index < -0.39 is 0 Å². The van der Waals surface area contributed by atoms with Gasteiger partial charge >= 0.3 is 0 Å². The average molecular weight is 317 g/mol. The van der Waals surface area contributed by atoms with E-state index in [0.29, 0.717) is 0 Å². The van der Waals surface area contributed by atoms with Gasteiger partial charge in [0, 0.05) is 10.9 Å². The van der Waals surface area contributed by atoms with Crippen LogP contribution in [0.1, 0.15) is 0 Å². The molecule has 0 aliphatic rings. The first-order valence-corrected chi connectivity index (χ1v) is 6.70. The highest BCUT2D eigenvalue weighted by Crippen LogP contribution is 2.37. The Morgan fingerprint density at radius 1 is 1.05 bits per heavy atom. The summed E-state index contributed by atoms with van der Waals surface area (Å²) in [5.74, 6) is 6.92. The molecule has 1 heterocycles. The van der Waals surface area contributed by atoms with Gasteiger partial charge in [0.1, 0.15) is 10.4 Å². The van der Waals surface area contributed by atoms with Gasteiger partial charge in [0.2, 0.25) is 0 Å².